The molecule has 5 N–H and O–H groups in total. The van der Waals surface area contributed by atoms with Gasteiger partial charge >= 0.3 is 0 Å². The minimum atomic E-state index is -0.541. The van der Waals surface area contributed by atoms with Gasteiger partial charge < -0.3 is 21.6 Å². The topological polar surface area (TPSA) is 98.2 Å². The van der Waals surface area contributed by atoms with Gasteiger partial charge in [-0.3, -0.25) is 4.79 Å². The fourth-order valence-corrected chi connectivity index (χ4v) is 1.42. The lowest BCUT2D eigenvalue weighted by Gasteiger charge is -2.17. The van der Waals surface area contributed by atoms with Crippen molar-refractivity contribution in [1.82, 2.24) is 5.32 Å². The first-order valence-electron chi connectivity index (χ1n) is 5.72. The lowest BCUT2D eigenvalue weighted by molar-refractivity contribution is -0.125. The van der Waals surface area contributed by atoms with E-state index in [0.29, 0.717) is 31.7 Å². The SMILES string of the molecule is CC(C)C[C@H](N)C(=O)N[C@@H](C=O)CCCN. The third-order valence-corrected chi connectivity index (χ3v) is 2.27. The van der Waals surface area contributed by atoms with Gasteiger partial charge in [0, 0.05) is 0 Å². The first kappa shape index (κ1) is 15.1. The summed E-state index contributed by atoms with van der Waals surface area (Å²) in [4.78, 5) is 22.3. The second-order valence-corrected chi connectivity index (χ2v) is 4.42. The second kappa shape index (κ2) is 8.24. The van der Waals surface area contributed by atoms with Gasteiger partial charge in [0.2, 0.25) is 5.91 Å². The summed E-state index contributed by atoms with van der Waals surface area (Å²) in [6, 6.07) is -1.01. The van der Waals surface area contributed by atoms with E-state index in [1.807, 2.05) is 13.8 Å². The molecule has 0 aliphatic carbocycles. The van der Waals surface area contributed by atoms with Crippen molar-refractivity contribution in [2.75, 3.05) is 6.54 Å². The number of aldehydes is 1. The quantitative estimate of drug-likeness (QED) is 0.501. The Morgan fingerprint density at radius 1 is 1.44 bits per heavy atom. The highest BCUT2D eigenvalue weighted by molar-refractivity contribution is 5.84. The van der Waals surface area contributed by atoms with Crippen molar-refractivity contribution in [2.24, 2.45) is 17.4 Å². The van der Waals surface area contributed by atoms with E-state index in [2.05, 4.69) is 5.32 Å². The average molecular weight is 229 g/mol. The van der Waals surface area contributed by atoms with Crippen molar-refractivity contribution in [1.29, 1.82) is 0 Å². The van der Waals surface area contributed by atoms with Gasteiger partial charge in [-0.2, -0.15) is 0 Å². The van der Waals surface area contributed by atoms with Crippen molar-refractivity contribution in [2.45, 2.75) is 45.2 Å². The van der Waals surface area contributed by atoms with Crippen LogP contribution in [0.4, 0.5) is 0 Å². The molecule has 2 atom stereocenters. The Hall–Kier alpha value is -0.940. The maximum atomic E-state index is 11.6. The first-order chi connectivity index (χ1) is 7.51. The number of hydrogen-bond acceptors (Lipinski definition) is 4. The molecule has 0 saturated heterocycles. The van der Waals surface area contributed by atoms with E-state index in [1.165, 1.54) is 0 Å². The molecule has 0 rings (SSSR count). The smallest absolute Gasteiger partial charge is 0.237 e. The third-order valence-electron chi connectivity index (χ3n) is 2.27. The summed E-state index contributed by atoms with van der Waals surface area (Å²) in [6.07, 6.45) is 2.63. The largest absolute Gasteiger partial charge is 0.345 e. The standard InChI is InChI=1S/C11H23N3O2/c1-8(2)6-10(13)11(16)14-9(7-15)4-3-5-12/h7-10H,3-6,12-13H2,1-2H3,(H,14,16)/t9-,10+/m1/s1. The minimum Gasteiger partial charge on any atom is -0.345 e. The molecule has 0 aromatic carbocycles. The van der Waals surface area contributed by atoms with Gasteiger partial charge in [0.25, 0.3) is 0 Å². The zero-order chi connectivity index (χ0) is 12.6. The van der Waals surface area contributed by atoms with E-state index in [4.69, 9.17) is 11.5 Å². The minimum absolute atomic E-state index is 0.261. The molecule has 1 amide bonds. The van der Waals surface area contributed by atoms with Crippen LogP contribution < -0.4 is 16.8 Å². The van der Waals surface area contributed by atoms with E-state index in [-0.39, 0.29) is 5.91 Å². The highest BCUT2D eigenvalue weighted by Gasteiger charge is 2.18. The summed E-state index contributed by atoms with van der Waals surface area (Å²) in [5.74, 6) is 0.0993. The molecule has 0 saturated carbocycles. The molecule has 0 heterocycles. The number of hydrogen-bond donors (Lipinski definition) is 3. The zero-order valence-corrected chi connectivity index (χ0v) is 10.1. The summed E-state index contributed by atoms with van der Waals surface area (Å²) in [5.41, 5.74) is 11.0. The predicted molar refractivity (Wildman–Crippen MR) is 63.7 cm³/mol. The van der Waals surface area contributed by atoms with Crippen molar-refractivity contribution < 1.29 is 9.59 Å². The van der Waals surface area contributed by atoms with Crippen LogP contribution in [0.25, 0.3) is 0 Å². The van der Waals surface area contributed by atoms with Crippen LogP contribution in [-0.2, 0) is 9.59 Å². The van der Waals surface area contributed by atoms with Crippen LogP contribution in [0.15, 0.2) is 0 Å². The van der Waals surface area contributed by atoms with Gasteiger partial charge in [-0.05, 0) is 31.7 Å². The number of nitrogens with two attached hydrogens (primary N) is 2. The normalized spacial score (nSPS) is 14.6. The highest BCUT2D eigenvalue weighted by Crippen LogP contribution is 2.03. The molecule has 5 nitrogen and oxygen atoms in total. The third kappa shape index (κ3) is 6.53. The van der Waals surface area contributed by atoms with E-state index >= 15 is 0 Å². The van der Waals surface area contributed by atoms with E-state index < -0.39 is 12.1 Å². The van der Waals surface area contributed by atoms with Crippen LogP contribution >= 0.6 is 0 Å². The molecule has 0 radical (unpaired) electrons. The van der Waals surface area contributed by atoms with Crippen LogP contribution in [0.5, 0.6) is 0 Å². The maximum Gasteiger partial charge on any atom is 0.237 e. The van der Waals surface area contributed by atoms with E-state index in [0.717, 1.165) is 6.29 Å². The number of carbonyl (C=O) groups is 2. The molecule has 0 aliphatic heterocycles. The lowest BCUT2D eigenvalue weighted by Crippen LogP contribution is -2.46. The van der Waals surface area contributed by atoms with Crippen LogP contribution in [-0.4, -0.2) is 30.8 Å². The fourth-order valence-electron chi connectivity index (χ4n) is 1.42. The number of amides is 1. The van der Waals surface area contributed by atoms with Crippen molar-refractivity contribution in [3.63, 3.8) is 0 Å². The Morgan fingerprint density at radius 3 is 2.50 bits per heavy atom. The van der Waals surface area contributed by atoms with Crippen molar-refractivity contribution >= 4 is 12.2 Å². The Kier molecular flexibility index (Phi) is 7.76. The molecule has 0 aromatic rings. The first-order valence-corrected chi connectivity index (χ1v) is 5.72. The summed E-state index contributed by atoms with van der Waals surface area (Å²) in [7, 11) is 0. The highest BCUT2D eigenvalue weighted by atomic mass is 16.2. The maximum absolute atomic E-state index is 11.6. The summed E-state index contributed by atoms with van der Waals surface area (Å²) >= 11 is 0. The second-order valence-electron chi connectivity index (χ2n) is 4.42. The summed E-state index contributed by atoms with van der Waals surface area (Å²) in [6.45, 7) is 4.51. The summed E-state index contributed by atoms with van der Waals surface area (Å²) in [5, 5.41) is 2.62. The van der Waals surface area contributed by atoms with Gasteiger partial charge in [0.15, 0.2) is 0 Å². The van der Waals surface area contributed by atoms with Crippen molar-refractivity contribution in [3.8, 4) is 0 Å². The van der Waals surface area contributed by atoms with Crippen molar-refractivity contribution in [3.05, 3.63) is 0 Å². The molecule has 0 bridgehead atoms. The van der Waals surface area contributed by atoms with Gasteiger partial charge in [-0.15, -0.1) is 0 Å². The van der Waals surface area contributed by atoms with Crippen LogP contribution in [0.1, 0.15) is 33.1 Å². The zero-order valence-electron chi connectivity index (χ0n) is 10.1. The molecule has 0 aromatic heterocycles. The number of nitrogens with one attached hydrogen (secondary N) is 1. The van der Waals surface area contributed by atoms with Gasteiger partial charge in [0.1, 0.15) is 6.29 Å². The van der Waals surface area contributed by atoms with Crippen LogP contribution in [0.2, 0.25) is 0 Å². The number of carbonyl (C=O) groups excluding carboxylic acids is 2. The summed E-state index contributed by atoms with van der Waals surface area (Å²) < 4.78 is 0. The molecule has 0 aliphatic rings. The Bertz CT molecular complexity index is 219. The molecule has 94 valence electrons. The van der Waals surface area contributed by atoms with Gasteiger partial charge in [-0.1, -0.05) is 13.8 Å². The molecule has 0 fully saturated rings. The molecular formula is C11H23N3O2. The van der Waals surface area contributed by atoms with E-state index in [9.17, 15) is 9.59 Å². The van der Waals surface area contributed by atoms with Gasteiger partial charge in [0.05, 0.1) is 12.1 Å². The van der Waals surface area contributed by atoms with Crippen LogP contribution in [0, 0.1) is 5.92 Å². The van der Waals surface area contributed by atoms with E-state index in [1.54, 1.807) is 0 Å². The molecule has 5 heteroatoms. The Morgan fingerprint density at radius 2 is 2.06 bits per heavy atom. The fraction of sp³-hybridized carbons (Fsp3) is 0.818. The Labute approximate surface area is 96.9 Å². The molecule has 0 spiro atoms. The monoisotopic (exact) mass is 229 g/mol. The molecular weight excluding hydrogens is 206 g/mol. The average Bonchev–Trinajstić information content (AvgIpc) is 2.22. The van der Waals surface area contributed by atoms with Crippen LogP contribution in [0.3, 0.4) is 0 Å². The molecule has 16 heavy (non-hydrogen) atoms. The Balaban J connectivity index is 4.03. The van der Waals surface area contributed by atoms with Gasteiger partial charge in [-0.25, -0.2) is 0 Å². The predicted octanol–water partition coefficient (Wildman–Crippen LogP) is -0.218. The number of rotatable bonds is 8. The molecule has 0 unspecified atom stereocenters. The lowest BCUT2D eigenvalue weighted by atomic mass is 10.0.